The fourth-order valence-corrected chi connectivity index (χ4v) is 5.68. The predicted octanol–water partition coefficient (Wildman–Crippen LogP) is 2.42. The smallest absolute Gasteiger partial charge is 0.300 e. The fourth-order valence-electron chi connectivity index (χ4n) is 4.19. The Morgan fingerprint density at radius 2 is 1.57 bits per heavy atom. The number of anilines is 1. The molecular weight excluding hydrogens is 524 g/mol. The van der Waals surface area contributed by atoms with Gasteiger partial charge in [-0.05, 0) is 46.9 Å². The summed E-state index contributed by atoms with van der Waals surface area (Å²) in [7, 11) is -10.1. The predicted molar refractivity (Wildman–Crippen MR) is 131 cm³/mol. The first kappa shape index (κ1) is 26.3. The van der Waals surface area contributed by atoms with Crippen LogP contribution in [0.2, 0.25) is 0 Å². The highest BCUT2D eigenvalue weighted by molar-refractivity contribution is 7.86. The lowest BCUT2D eigenvalue weighted by molar-refractivity contribution is -0.254. The highest BCUT2D eigenvalue weighted by Crippen LogP contribution is 2.46. The van der Waals surface area contributed by atoms with Gasteiger partial charge in [0.1, 0.15) is 0 Å². The highest BCUT2D eigenvalue weighted by atomic mass is 32.2. The molecule has 4 rings (SSSR count). The van der Waals surface area contributed by atoms with E-state index in [1.807, 2.05) is 20.8 Å². The molecule has 37 heavy (non-hydrogen) atoms. The van der Waals surface area contributed by atoms with E-state index in [4.69, 9.17) is 15.6 Å². The quantitative estimate of drug-likeness (QED) is 0.167. The van der Waals surface area contributed by atoms with Gasteiger partial charge < -0.3 is 20.1 Å². The van der Waals surface area contributed by atoms with E-state index in [2.05, 4.69) is 0 Å². The molecule has 0 unspecified atom stereocenters. The highest BCUT2D eigenvalue weighted by Gasteiger charge is 2.31. The van der Waals surface area contributed by atoms with Crippen molar-refractivity contribution in [1.29, 1.82) is 5.41 Å². The summed E-state index contributed by atoms with van der Waals surface area (Å²) in [4.78, 5) is 10.2. The van der Waals surface area contributed by atoms with E-state index in [-0.39, 0.29) is 27.6 Å². The molecule has 0 aromatic heterocycles. The Bertz CT molecular complexity index is 1870. The molecule has 2 aromatic carbocycles. The lowest BCUT2D eigenvalue weighted by Crippen LogP contribution is -2.24. The Morgan fingerprint density at radius 3 is 2.11 bits per heavy atom. The number of carboxylic acid groups (broad SMARTS) is 1. The summed E-state index contributed by atoms with van der Waals surface area (Å²) in [5.74, 6) is -2.21. The number of nitrogens with two attached hydrogens (primary N) is 1. The lowest BCUT2D eigenvalue weighted by atomic mass is 9.82. The minimum absolute atomic E-state index is 0.00338. The van der Waals surface area contributed by atoms with Crippen molar-refractivity contribution >= 4 is 42.9 Å². The van der Waals surface area contributed by atoms with Crippen molar-refractivity contribution in [3.63, 3.8) is 0 Å². The molecule has 2 aromatic rings. The number of hydrogen-bond donors (Lipinski definition) is 4. The van der Waals surface area contributed by atoms with Crippen LogP contribution in [-0.4, -0.2) is 31.9 Å². The first-order valence-corrected chi connectivity index (χ1v) is 13.5. The van der Waals surface area contributed by atoms with Crippen LogP contribution in [0.5, 0.6) is 0 Å². The van der Waals surface area contributed by atoms with E-state index in [1.54, 1.807) is 6.07 Å². The van der Waals surface area contributed by atoms with Crippen molar-refractivity contribution in [3.8, 4) is 22.5 Å². The van der Waals surface area contributed by atoms with E-state index in [9.17, 15) is 35.8 Å². The number of nitrogen functional groups attached to an aromatic ring is 1. The standard InChI is InChI=1S/C24H22N2O9S2/c1-24(2,3)11-4-5-12(23(27)28)15(10-11)18-13-6-8-16(25)21(36(29,30)31)19(13)35-20-14(18)7-9-17(26)22(20)37(32,33)34/h4-10,25H,26H2,1-3H3,(H,27,28)(H,29,30,31)(H,32,33,34)/p-1. The van der Waals surface area contributed by atoms with Crippen molar-refractivity contribution in [2.45, 2.75) is 36.0 Å². The average Bonchev–Trinajstić information content (AvgIpc) is 2.74. The fraction of sp³-hybridized carbons (Fsp3) is 0.167. The minimum atomic E-state index is -5.10. The first-order valence-electron chi connectivity index (χ1n) is 10.6. The van der Waals surface area contributed by atoms with E-state index >= 15 is 0 Å². The second kappa shape index (κ2) is 8.38. The van der Waals surface area contributed by atoms with Crippen LogP contribution in [0.3, 0.4) is 0 Å². The molecule has 0 spiro atoms. The molecule has 13 heteroatoms. The Labute approximate surface area is 211 Å². The number of aromatic carboxylic acids is 1. The largest absolute Gasteiger partial charge is 0.545 e. The number of nitrogens with one attached hydrogen (secondary N) is 1. The third-order valence-electron chi connectivity index (χ3n) is 5.89. The van der Waals surface area contributed by atoms with Gasteiger partial charge in [-0.25, -0.2) is 0 Å². The third kappa shape index (κ3) is 4.46. The van der Waals surface area contributed by atoms with Gasteiger partial charge >= 0.3 is 0 Å². The average molecular weight is 546 g/mol. The van der Waals surface area contributed by atoms with Gasteiger partial charge in [-0.15, -0.1) is 0 Å². The molecule has 194 valence electrons. The topological polar surface area (TPSA) is 212 Å². The molecule has 0 amide bonds. The summed E-state index contributed by atoms with van der Waals surface area (Å²) in [6, 6.07) is 9.23. The summed E-state index contributed by atoms with van der Waals surface area (Å²) < 4.78 is 74.4. The van der Waals surface area contributed by atoms with E-state index in [0.29, 0.717) is 5.56 Å². The maximum Gasteiger partial charge on any atom is 0.300 e. The molecule has 1 aliphatic carbocycles. The monoisotopic (exact) mass is 545 g/mol. The van der Waals surface area contributed by atoms with Crippen LogP contribution in [0.15, 0.2) is 56.7 Å². The molecule has 11 nitrogen and oxygen atoms in total. The SMILES string of the molecule is CC(C)(C)c1ccc(C(=O)[O-])c(-c2c3ccc(=N)c(S(=O)(=O)O)c-3oc3c(S(=O)(=O)O)c(N)ccc23)c1. The Balaban J connectivity index is 2.40. The molecule has 2 aliphatic rings. The molecular formula is C24H21N2O9S2-. The number of hydrogen-bond acceptors (Lipinski definition) is 9. The Kier molecular flexibility index (Phi) is 5.95. The van der Waals surface area contributed by atoms with Crippen molar-refractivity contribution in [2.24, 2.45) is 0 Å². The van der Waals surface area contributed by atoms with Crippen molar-refractivity contribution in [2.75, 3.05) is 5.73 Å². The normalized spacial score (nSPS) is 12.8. The summed E-state index contributed by atoms with van der Waals surface area (Å²) in [5.41, 5.74) is 4.61. The number of fused-ring (bicyclic) bond motifs is 2. The molecule has 0 saturated carbocycles. The van der Waals surface area contributed by atoms with Gasteiger partial charge in [-0.1, -0.05) is 32.9 Å². The molecule has 1 aliphatic heterocycles. The van der Waals surface area contributed by atoms with Gasteiger partial charge in [0.15, 0.2) is 21.1 Å². The van der Waals surface area contributed by atoms with E-state index < -0.39 is 63.8 Å². The van der Waals surface area contributed by atoms with Crippen LogP contribution in [0, 0.1) is 5.41 Å². The molecule has 1 heterocycles. The van der Waals surface area contributed by atoms with Crippen molar-refractivity contribution in [1.82, 2.24) is 0 Å². The molecule has 0 saturated heterocycles. The molecule has 0 radical (unpaired) electrons. The van der Waals surface area contributed by atoms with Gasteiger partial charge in [-0.3, -0.25) is 14.5 Å². The maximum absolute atomic E-state index is 12.3. The van der Waals surface area contributed by atoms with Gasteiger partial charge in [0.05, 0.1) is 17.0 Å². The summed E-state index contributed by atoms with van der Waals surface area (Å²) in [6.07, 6.45) is 0. The second-order valence-corrected chi connectivity index (χ2v) is 12.1. The van der Waals surface area contributed by atoms with E-state index in [1.165, 1.54) is 24.3 Å². The van der Waals surface area contributed by atoms with Crippen LogP contribution >= 0.6 is 0 Å². The van der Waals surface area contributed by atoms with Gasteiger partial charge in [0.2, 0.25) is 0 Å². The van der Waals surface area contributed by atoms with Gasteiger partial charge in [0, 0.05) is 22.1 Å². The molecule has 5 N–H and O–H groups in total. The van der Waals surface area contributed by atoms with Crippen LogP contribution < -0.4 is 16.2 Å². The van der Waals surface area contributed by atoms with Crippen LogP contribution in [0.1, 0.15) is 36.7 Å². The minimum Gasteiger partial charge on any atom is -0.545 e. The van der Waals surface area contributed by atoms with Crippen LogP contribution in [0.25, 0.3) is 33.4 Å². The number of carboxylic acids is 1. The molecule has 0 fully saturated rings. The van der Waals surface area contributed by atoms with Crippen molar-refractivity contribution < 1.29 is 40.3 Å². The Morgan fingerprint density at radius 1 is 0.946 bits per heavy atom. The summed E-state index contributed by atoms with van der Waals surface area (Å²) in [5, 5.41) is 19.5. The summed E-state index contributed by atoms with van der Waals surface area (Å²) in [6.45, 7) is 5.63. The zero-order chi connectivity index (χ0) is 27.7. The zero-order valence-corrected chi connectivity index (χ0v) is 21.3. The number of carbonyl (C=O) groups is 1. The second-order valence-electron chi connectivity index (χ2n) is 9.40. The Hall–Kier alpha value is -3.78. The maximum atomic E-state index is 12.3. The number of benzene rings is 3. The third-order valence-corrected chi connectivity index (χ3v) is 7.75. The van der Waals surface area contributed by atoms with E-state index in [0.717, 1.165) is 12.1 Å². The van der Waals surface area contributed by atoms with Crippen LogP contribution in [0.4, 0.5) is 5.69 Å². The summed E-state index contributed by atoms with van der Waals surface area (Å²) >= 11 is 0. The van der Waals surface area contributed by atoms with Gasteiger partial charge in [-0.2, -0.15) is 16.8 Å². The van der Waals surface area contributed by atoms with Crippen LogP contribution in [-0.2, 0) is 25.7 Å². The zero-order valence-electron chi connectivity index (χ0n) is 19.7. The lowest BCUT2D eigenvalue weighted by Gasteiger charge is -2.24. The van der Waals surface area contributed by atoms with Gasteiger partial charge in [0.25, 0.3) is 20.2 Å². The first-order chi connectivity index (χ1) is 16.9. The van der Waals surface area contributed by atoms with Crippen molar-refractivity contribution in [3.05, 3.63) is 58.9 Å². The molecule has 0 bridgehead atoms. The molecule has 0 atom stereocenters. The number of carbonyl (C=O) groups excluding carboxylic acids is 1. The number of rotatable bonds is 4.